The summed E-state index contributed by atoms with van der Waals surface area (Å²) in [5, 5.41) is 2.86. The molecule has 1 aromatic carbocycles. The van der Waals surface area contributed by atoms with Gasteiger partial charge in [-0.3, -0.25) is 4.79 Å². The molecule has 0 aromatic heterocycles. The van der Waals surface area contributed by atoms with Gasteiger partial charge in [-0.2, -0.15) is 0 Å². The van der Waals surface area contributed by atoms with Gasteiger partial charge < -0.3 is 20.5 Å². The Morgan fingerprint density at radius 3 is 2.74 bits per heavy atom. The molecule has 0 saturated carbocycles. The van der Waals surface area contributed by atoms with E-state index in [-0.39, 0.29) is 5.91 Å². The van der Waals surface area contributed by atoms with Gasteiger partial charge in [0.1, 0.15) is 0 Å². The van der Waals surface area contributed by atoms with E-state index in [1.807, 2.05) is 0 Å². The van der Waals surface area contributed by atoms with Gasteiger partial charge in [0.05, 0.1) is 18.4 Å². The highest BCUT2D eigenvalue weighted by Crippen LogP contribution is 2.25. The second kappa shape index (κ2) is 8.37. The summed E-state index contributed by atoms with van der Waals surface area (Å²) < 4.78 is 10.1. The number of benzene rings is 1. The number of hydrogen-bond donors (Lipinski definition) is 2. The van der Waals surface area contributed by atoms with Crippen LogP contribution in [0.1, 0.15) is 29.6 Å². The van der Waals surface area contributed by atoms with E-state index in [4.69, 9.17) is 15.2 Å². The lowest BCUT2D eigenvalue weighted by Crippen LogP contribution is -2.25. The molecular weight excluding hydrogens is 244 g/mol. The summed E-state index contributed by atoms with van der Waals surface area (Å²) in [6.45, 7) is 1.40. The van der Waals surface area contributed by atoms with Gasteiger partial charge >= 0.3 is 0 Å². The number of amides is 1. The molecule has 5 nitrogen and oxygen atoms in total. The maximum Gasteiger partial charge on any atom is 0.255 e. The van der Waals surface area contributed by atoms with Crippen molar-refractivity contribution < 1.29 is 14.3 Å². The summed E-state index contributed by atoms with van der Waals surface area (Å²) in [4.78, 5) is 12.0. The Hall–Kier alpha value is -1.75. The number of hydrogen-bond acceptors (Lipinski definition) is 4. The molecular formula is C14H22N2O3. The van der Waals surface area contributed by atoms with Crippen LogP contribution in [-0.4, -0.2) is 33.3 Å². The van der Waals surface area contributed by atoms with Gasteiger partial charge in [0.15, 0.2) is 5.75 Å². The fraction of sp³-hybridized carbons (Fsp3) is 0.500. The Morgan fingerprint density at radius 2 is 2.05 bits per heavy atom. The molecule has 0 spiro atoms. The van der Waals surface area contributed by atoms with Gasteiger partial charge in [-0.15, -0.1) is 0 Å². The number of methoxy groups -OCH3 is 2. The molecule has 0 radical (unpaired) electrons. The first-order valence-corrected chi connectivity index (χ1v) is 6.40. The van der Waals surface area contributed by atoms with Crippen LogP contribution >= 0.6 is 0 Å². The number of para-hydroxylation sites is 1. The van der Waals surface area contributed by atoms with Gasteiger partial charge in [0, 0.05) is 20.3 Å². The van der Waals surface area contributed by atoms with E-state index < -0.39 is 0 Å². The maximum atomic E-state index is 12.0. The SMILES string of the molecule is COCCCCCNC(=O)c1cccc(N)c1OC. The minimum atomic E-state index is -0.157. The molecule has 0 unspecified atom stereocenters. The van der Waals surface area contributed by atoms with Crippen molar-refractivity contribution in [3.05, 3.63) is 23.8 Å². The molecule has 0 aliphatic heterocycles. The average Bonchev–Trinajstić information content (AvgIpc) is 2.42. The number of nitrogens with two attached hydrogens (primary N) is 1. The lowest BCUT2D eigenvalue weighted by molar-refractivity contribution is 0.0949. The van der Waals surface area contributed by atoms with Crippen molar-refractivity contribution in [1.82, 2.24) is 5.32 Å². The van der Waals surface area contributed by atoms with Gasteiger partial charge in [-0.1, -0.05) is 6.07 Å². The van der Waals surface area contributed by atoms with Crippen LogP contribution in [0.5, 0.6) is 5.75 Å². The molecule has 0 aliphatic carbocycles. The predicted octanol–water partition coefficient (Wildman–Crippen LogP) is 1.82. The molecule has 0 heterocycles. The predicted molar refractivity (Wildman–Crippen MR) is 75.5 cm³/mol. The van der Waals surface area contributed by atoms with Gasteiger partial charge in [-0.05, 0) is 31.4 Å². The first-order valence-electron chi connectivity index (χ1n) is 6.40. The van der Waals surface area contributed by atoms with Gasteiger partial charge in [-0.25, -0.2) is 0 Å². The minimum Gasteiger partial charge on any atom is -0.494 e. The lowest BCUT2D eigenvalue weighted by Gasteiger charge is -2.11. The van der Waals surface area contributed by atoms with Crippen LogP contribution in [0.2, 0.25) is 0 Å². The van der Waals surface area contributed by atoms with Crippen molar-refractivity contribution in [2.24, 2.45) is 0 Å². The second-order valence-electron chi connectivity index (χ2n) is 4.24. The van der Waals surface area contributed by atoms with E-state index in [2.05, 4.69) is 5.32 Å². The highest BCUT2D eigenvalue weighted by molar-refractivity contribution is 5.98. The first-order chi connectivity index (χ1) is 9.20. The van der Waals surface area contributed by atoms with E-state index in [1.54, 1.807) is 25.3 Å². The third kappa shape index (κ3) is 4.79. The Labute approximate surface area is 114 Å². The van der Waals surface area contributed by atoms with Crippen molar-refractivity contribution in [2.45, 2.75) is 19.3 Å². The van der Waals surface area contributed by atoms with Gasteiger partial charge in [0.2, 0.25) is 0 Å². The van der Waals surface area contributed by atoms with Gasteiger partial charge in [0.25, 0.3) is 5.91 Å². The summed E-state index contributed by atoms with van der Waals surface area (Å²) in [7, 11) is 3.20. The van der Waals surface area contributed by atoms with Crippen molar-refractivity contribution in [3.8, 4) is 5.75 Å². The molecule has 0 aliphatic rings. The van der Waals surface area contributed by atoms with Crippen molar-refractivity contribution in [3.63, 3.8) is 0 Å². The zero-order valence-corrected chi connectivity index (χ0v) is 11.6. The topological polar surface area (TPSA) is 73.6 Å². The van der Waals surface area contributed by atoms with Crippen LogP contribution < -0.4 is 15.8 Å². The summed E-state index contributed by atoms with van der Waals surface area (Å²) in [5.74, 6) is 0.273. The number of nitrogen functional groups attached to an aromatic ring is 1. The van der Waals surface area contributed by atoms with E-state index in [0.717, 1.165) is 25.9 Å². The highest BCUT2D eigenvalue weighted by Gasteiger charge is 2.13. The standard InChI is InChI=1S/C14H22N2O3/c1-18-10-5-3-4-9-16-14(17)11-7-6-8-12(15)13(11)19-2/h6-8H,3-5,9-10,15H2,1-2H3,(H,16,17). The van der Waals surface area contributed by atoms with Crippen LogP contribution in [-0.2, 0) is 4.74 Å². The third-order valence-electron chi connectivity index (χ3n) is 2.81. The van der Waals surface area contributed by atoms with Crippen molar-refractivity contribution in [1.29, 1.82) is 0 Å². The quantitative estimate of drug-likeness (QED) is 0.556. The number of rotatable bonds is 8. The Kier molecular flexibility index (Phi) is 6.74. The largest absolute Gasteiger partial charge is 0.494 e. The summed E-state index contributed by atoms with van der Waals surface area (Å²) in [6.07, 6.45) is 2.97. The molecule has 106 valence electrons. The number of nitrogens with one attached hydrogen (secondary N) is 1. The number of anilines is 1. The molecule has 1 aromatic rings. The van der Waals surface area contributed by atoms with Crippen LogP contribution in [0.25, 0.3) is 0 Å². The Bertz CT molecular complexity index is 408. The maximum absolute atomic E-state index is 12.0. The van der Waals surface area contributed by atoms with E-state index in [0.29, 0.717) is 23.5 Å². The normalized spacial score (nSPS) is 10.2. The molecule has 1 rings (SSSR count). The first kappa shape index (κ1) is 15.3. The van der Waals surface area contributed by atoms with Crippen LogP contribution in [0.4, 0.5) is 5.69 Å². The van der Waals surface area contributed by atoms with E-state index in [9.17, 15) is 4.79 Å². The number of carbonyl (C=O) groups is 1. The second-order valence-corrected chi connectivity index (χ2v) is 4.24. The smallest absolute Gasteiger partial charge is 0.255 e. The number of unbranched alkanes of at least 4 members (excludes halogenated alkanes) is 2. The lowest BCUT2D eigenvalue weighted by atomic mass is 10.1. The fourth-order valence-corrected chi connectivity index (χ4v) is 1.81. The van der Waals surface area contributed by atoms with E-state index in [1.165, 1.54) is 7.11 Å². The molecule has 0 fully saturated rings. The fourth-order valence-electron chi connectivity index (χ4n) is 1.81. The Balaban J connectivity index is 2.43. The van der Waals surface area contributed by atoms with Crippen molar-refractivity contribution in [2.75, 3.05) is 33.1 Å². The molecule has 0 bridgehead atoms. The zero-order chi connectivity index (χ0) is 14.1. The molecule has 0 atom stereocenters. The molecule has 3 N–H and O–H groups in total. The van der Waals surface area contributed by atoms with Crippen molar-refractivity contribution >= 4 is 11.6 Å². The highest BCUT2D eigenvalue weighted by atomic mass is 16.5. The molecule has 1 amide bonds. The minimum absolute atomic E-state index is 0.157. The van der Waals surface area contributed by atoms with E-state index >= 15 is 0 Å². The Morgan fingerprint density at radius 1 is 1.26 bits per heavy atom. The number of carbonyl (C=O) groups excluding carboxylic acids is 1. The molecule has 19 heavy (non-hydrogen) atoms. The monoisotopic (exact) mass is 266 g/mol. The van der Waals surface area contributed by atoms with Crippen LogP contribution in [0.15, 0.2) is 18.2 Å². The zero-order valence-electron chi connectivity index (χ0n) is 11.6. The molecule has 5 heteroatoms. The summed E-state index contributed by atoms with van der Waals surface area (Å²) in [6, 6.07) is 5.15. The number of ether oxygens (including phenoxy) is 2. The molecule has 0 saturated heterocycles. The summed E-state index contributed by atoms with van der Waals surface area (Å²) in [5.41, 5.74) is 6.70. The average molecular weight is 266 g/mol. The van der Waals surface area contributed by atoms with Crippen LogP contribution in [0, 0.1) is 0 Å². The summed E-state index contributed by atoms with van der Waals surface area (Å²) >= 11 is 0. The van der Waals surface area contributed by atoms with Crippen LogP contribution in [0.3, 0.4) is 0 Å². The third-order valence-corrected chi connectivity index (χ3v) is 2.81.